The Bertz CT molecular complexity index is 196. The van der Waals surface area contributed by atoms with Crippen LogP contribution in [0, 0.1) is 23.7 Å². The van der Waals surface area contributed by atoms with Crippen LogP contribution in [0.25, 0.3) is 0 Å². The number of rotatable bonds is 7. The van der Waals surface area contributed by atoms with Crippen molar-refractivity contribution < 1.29 is 0 Å². The fraction of sp³-hybridized carbons (Fsp3) is 1.00. The quantitative estimate of drug-likeness (QED) is 0.505. The molecule has 0 amide bonds. The van der Waals surface area contributed by atoms with Crippen molar-refractivity contribution in [1.29, 1.82) is 0 Å². The van der Waals surface area contributed by atoms with Gasteiger partial charge in [-0.2, -0.15) is 0 Å². The van der Waals surface area contributed by atoms with Crippen molar-refractivity contribution >= 4 is 0 Å². The molecule has 2 saturated carbocycles. The average molecular weight is 222 g/mol. The third-order valence-corrected chi connectivity index (χ3v) is 5.15. The summed E-state index contributed by atoms with van der Waals surface area (Å²) in [5.74, 6) is 4.54. The van der Waals surface area contributed by atoms with Crippen LogP contribution in [0.2, 0.25) is 0 Å². The third-order valence-electron chi connectivity index (χ3n) is 5.15. The van der Waals surface area contributed by atoms with Gasteiger partial charge in [-0.05, 0) is 42.9 Å². The Balaban J connectivity index is 1.57. The standard InChI is InChI=1S/C16H30/c1-3-5-6-7-8-13-9-10-15(11-13)16-12-14(16)4-2/h13-16H,3-12H2,1-2H3. The zero-order valence-electron chi connectivity index (χ0n) is 11.4. The van der Waals surface area contributed by atoms with Gasteiger partial charge >= 0.3 is 0 Å². The summed E-state index contributed by atoms with van der Waals surface area (Å²) < 4.78 is 0. The van der Waals surface area contributed by atoms with E-state index in [1.165, 1.54) is 32.1 Å². The van der Waals surface area contributed by atoms with E-state index in [9.17, 15) is 0 Å². The van der Waals surface area contributed by atoms with Crippen LogP contribution in [-0.4, -0.2) is 0 Å². The van der Waals surface area contributed by atoms with Crippen LogP contribution in [0.5, 0.6) is 0 Å². The topological polar surface area (TPSA) is 0 Å². The average Bonchev–Trinajstić information content (AvgIpc) is 2.96. The van der Waals surface area contributed by atoms with Gasteiger partial charge in [0, 0.05) is 0 Å². The van der Waals surface area contributed by atoms with Crippen LogP contribution in [0.1, 0.15) is 78.1 Å². The molecule has 0 heterocycles. The van der Waals surface area contributed by atoms with E-state index >= 15 is 0 Å². The molecule has 0 aromatic carbocycles. The van der Waals surface area contributed by atoms with Gasteiger partial charge in [-0.25, -0.2) is 0 Å². The second kappa shape index (κ2) is 6.07. The molecule has 0 nitrogen and oxygen atoms in total. The highest BCUT2D eigenvalue weighted by atomic mass is 14.5. The molecule has 0 heteroatoms. The van der Waals surface area contributed by atoms with Gasteiger partial charge in [0.2, 0.25) is 0 Å². The normalized spacial score (nSPS) is 37.9. The molecule has 0 N–H and O–H groups in total. The predicted octanol–water partition coefficient (Wildman–Crippen LogP) is 5.42. The molecule has 4 unspecified atom stereocenters. The smallest absolute Gasteiger partial charge is 0.0355 e. The Labute approximate surface area is 102 Å². The number of hydrogen-bond donors (Lipinski definition) is 0. The van der Waals surface area contributed by atoms with Crippen molar-refractivity contribution in [2.24, 2.45) is 23.7 Å². The molecule has 0 saturated heterocycles. The molecule has 94 valence electrons. The third kappa shape index (κ3) is 3.25. The monoisotopic (exact) mass is 222 g/mol. The SMILES string of the molecule is CCCCCCC1CCC(C2CC2CC)C1. The van der Waals surface area contributed by atoms with Gasteiger partial charge in [-0.15, -0.1) is 0 Å². The summed E-state index contributed by atoms with van der Waals surface area (Å²) in [6.07, 6.45) is 15.1. The summed E-state index contributed by atoms with van der Waals surface area (Å²) >= 11 is 0. The first-order valence-corrected chi connectivity index (χ1v) is 7.85. The minimum Gasteiger partial charge on any atom is -0.0654 e. The van der Waals surface area contributed by atoms with E-state index < -0.39 is 0 Å². The lowest BCUT2D eigenvalue weighted by Gasteiger charge is -2.11. The maximum Gasteiger partial charge on any atom is -0.0355 e. The first kappa shape index (κ1) is 12.5. The summed E-state index contributed by atoms with van der Waals surface area (Å²) in [6.45, 7) is 4.69. The largest absolute Gasteiger partial charge is 0.0654 e. The lowest BCUT2D eigenvalue weighted by Crippen LogP contribution is -2.00. The van der Waals surface area contributed by atoms with Crippen LogP contribution in [0.3, 0.4) is 0 Å². The molecule has 0 aromatic rings. The number of unbranched alkanes of at least 4 members (excludes halogenated alkanes) is 3. The number of hydrogen-bond acceptors (Lipinski definition) is 0. The van der Waals surface area contributed by atoms with Gasteiger partial charge in [0.15, 0.2) is 0 Å². The van der Waals surface area contributed by atoms with E-state index in [0.717, 1.165) is 23.7 Å². The van der Waals surface area contributed by atoms with Crippen molar-refractivity contribution in [3.63, 3.8) is 0 Å². The summed E-state index contributed by atoms with van der Waals surface area (Å²) in [7, 11) is 0. The summed E-state index contributed by atoms with van der Waals surface area (Å²) in [5, 5.41) is 0. The van der Waals surface area contributed by atoms with Crippen molar-refractivity contribution in [2.45, 2.75) is 78.1 Å². The fourth-order valence-electron chi connectivity index (χ4n) is 3.94. The zero-order valence-corrected chi connectivity index (χ0v) is 11.4. The summed E-state index contributed by atoms with van der Waals surface area (Å²) in [4.78, 5) is 0. The molecule has 16 heavy (non-hydrogen) atoms. The van der Waals surface area contributed by atoms with Gasteiger partial charge in [-0.1, -0.05) is 58.8 Å². The van der Waals surface area contributed by atoms with Crippen molar-refractivity contribution in [2.75, 3.05) is 0 Å². The van der Waals surface area contributed by atoms with Crippen molar-refractivity contribution in [3.8, 4) is 0 Å². The minimum atomic E-state index is 1.11. The predicted molar refractivity (Wildman–Crippen MR) is 71.5 cm³/mol. The lowest BCUT2D eigenvalue weighted by atomic mass is 9.95. The molecule has 2 aliphatic carbocycles. The van der Waals surface area contributed by atoms with Crippen molar-refractivity contribution in [1.82, 2.24) is 0 Å². The van der Waals surface area contributed by atoms with Gasteiger partial charge in [0.1, 0.15) is 0 Å². The van der Waals surface area contributed by atoms with Crippen LogP contribution < -0.4 is 0 Å². The minimum absolute atomic E-state index is 1.11. The molecule has 4 atom stereocenters. The van der Waals surface area contributed by atoms with Gasteiger partial charge < -0.3 is 0 Å². The van der Waals surface area contributed by atoms with E-state index in [-0.39, 0.29) is 0 Å². The molecule has 2 rings (SSSR count). The summed E-state index contributed by atoms with van der Waals surface area (Å²) in [5.41, 5.74) is 0. The molecular formula is C16H30. The van der Waals surface area contributed by atoms with Gasteiger partial charge in [-0.3, -0.25) is 0 Å². The zero-order chi connectivity index (χ0) is 11.4. The van der Waals surface area contributed by atoms with Crippen LogP contribution in [0.15, 0.2) is 0 Å². The van der Waals surface area contributed by atoms with E-state index in [4.69, 9.17) is 0 Å². The van der Waals surface area contributed by atoms with Crippen LogP contribution in [-0.2, 0) is 0 Å². The maximum absolute atomic E-state index is 2.38. The van der Waals surface area contributed by atoms with Gasteiger partial charge in [0.05, 0.1) is 0 Å². The molecule has 2 aliphatic rings. The van der Waals surface area contributed by atoms with Gasteiger partial charge in [0.25, 0.3) is 0 Å². The fourth-order valence-corrected chi connectivity index (χ4v) is 3.94. The Hall–Kier alpha value is 0. The summed E-state index contributed by atoms with van der Waals surface area (Å²) in [6, 6.07) is 0. The molecule has 0 bridgehead atoms. The molecule has 0 radical (unpaired) electrons. The van der Waals surface area contributed by atoms with E-state index in [1.54, 1.807) is 32.1 Å². The highest BCUT2D eigenvalue weighted by molar-refractivity contribution is 4.93. The molecule has 2 fully saturated rings. The molecule has 0 spiro atoms. The van der Waals surface area contributed by atoms with E-state index in [2.05, 4.69) is 13.8 Å². The Kier molecular flexibility index (Phi) is 4.73. The maximum atomic E-state index is 2.38. The Morgan fingerprint density at radius 2 is 1.81 bits per heavy atom. The Morgan fingerprint density at radius 1 is 0.938 bits per heavy atom. The lowest BCUT2D eigenvalue weighted by molar-refractivity contribution is 0.402. The van der Waals surface area contributed by atoms with E-state index in [0.29, 0.717) is 0 Å². The molecule has 0 aliphatic heterocycles. The van der Waals surface area contributed by atoms with Crippen molar-refractivity contribution in [3.05, 3.63) is 0 Å². The second-order valence-corrected chi connectivity index (χ2v) is 6.36. The first-order chi connectivity index (χ1) is 7.85. The Morgan fingerprint density at radius 3 is 2.50 bits per heavy atom. The molecule has 0 aromatic heterocycles. The highest BCUT2D eigenvalue weighted by Crippen LogP contribution is 2.53. The first-order valence-electron chi connectivity index (χ1n) is 7.85. The highest BCUT2D eigenvalue weighted by Gasteiger charge is 2.43. The van der Waals surface area contributed by atoms with Crippen LogP contribution in [0.4, 0.5) is 0 Å². The van der Waals surface area contributed by atoms with Crippen LogP contribution >= 0.6 is 0 Å². The molecular weight excluding hydrogens is 192 g/mol. The van der Waals surface area contributed by atoms with E-state index in [1.807, 2.05) is 0 Å². The second-order valence-electron chi connectivity index (χ2n) is 6.36.